The van der Waals surface area contributed by atoms with Crippen LogP contribution in [0.1, 0.15) is 0 Å². The molecule has 0 aromatic heterocycles. The molecule has 0 saturated carbocycles. The van der Waals surface area contributed by atoms with E-state index in [2.05, 4.69) is 8.88 Å². The Hall–Kier alpha value is 0.565. The van der Waals surface area contributed by atoms with Gasteiger partial charge >= 0.3 is 25.2 Å². The lowest BCUT2D eigenvalue weighted by molar-refractivity contribution is 0.431. The number of halogens is 4. The van der Waals surface area contributed by atoms with Gasteiger partial charge in [-0.15, -0.1) is 0 Å². The second-order valence-corrected chi connectivity index (χ2v) is 2.10. The molecule has 0 aliphatic rings. The van der Waals surface area contributed by atoms with E-state index in [9.17, 15) is 16.8 Å². The zero-order chi connectivity index (χ0) is 7.28. The average molecular weight is 182 g/mol. The molecule has 9 heavy (non-hydrogen) atoms. The van der Waals surface area contributed by atoms with E-state index in [-0.39, 0.29) is 0 Å². The molecular formula is HBF4O2P2. The third-order valence-corrected chi connectivity index (χ3v) is 0.902. The molecule has 0 bridgehead atoms. The highest BCUT2D eigenvalue weighted by molar-refractivity contribution is 7.43. The van der Waals surface area contributed by atoms with Gasteiger partial charge in [0.15, 0.2) is 0 Å². The van der Waals surface area contributed by atoms with E-state index in [1.54, 1.807) is 0 Å². The minimum Gasteiger partial charge on any atom is -0.340 e. The lowest BCUT2D eigenvalue weighted by Gasteiger charge is -1.96. The molecule has 0 radical (unpaired) electrons. The van der Waals surface area contributed by atoms with Crippen LogP contribution < -0.4 is 0 Å². The van der Waals surface area contributed by atoms with E-state index in [0.29, 0.717) is 0 Å². The third kappa shape index (κ3) is 8.56. The molecule has 0 aromatic rings. The normalized spacial score (nSPS) is 10.9. The van der Waals surface area contributed by atoms with Gasteiger partial charge < -0.3 is 8.88 Å². The van der Waals surface area contributed by atoms with E-state index in [4.69, 9.17) is 0 Å². The molecule has 0 saturated heterocycles. The van der Waals surface area contributed by atoms with Crippen molar-refractivity contribution in [2.24, 2.45) is 0 Å². The average Bonchev–Trinajstić information content (AvgIpc) is 1.63. The van der Waals surface area contributed by atoms with E-state index >= 15 is 0 Å². The van der Waals surface area contributed by atoms with Crippen LogP contribution in [0.15, 0.2) is 0 Å². The summed E-state index contributed by atoms with van der Waals surface area (Å²) in [7, 11) is -8.19. The van der Waals surface area contributed by atoms with Crippen molar-refractivity contribution in [2.75, 3.05) is 0 Å². The van der Waals surface area contributed by atoms with Gasteiger partial charge in [-0.2, -0.15) is 16.8 Å². The first-order chi connectivity index (χ1) is 4.13. The van der Waals surface area contributed by atoms with Crippen LogP contribution in [0.3, 0.4) is 0 Å². The molecule has 0 spiro atoms. The van der Waals surface area contributed by atoms with Crippen LogP contribution in [0.25, 0.3) is 0 Å². The molecule has 2 nitrogen and oxygen atoms in total. The summed E-state index contributed by atoms with van der Waals surface area (Å²) in [5, 5.41) is 0. The van der Waals surface area contributed by atoms with Crippen LogP contribution in [0.2, 0.25) is 0 Å². The highest BCUT2D eigenvalue weighted by Gasteiger charge is 2.11. The van der Waals surface area contributed by atoms with Gasteiger partial charge in [-0.25, -0.2) is 0 Å². The maximum atomic E-state index is 11.0. The quantitative estimate of drug-likeness (QED) is 0.377. The zero-order valence-electron chi connectivity index (χ0n) is 3.93. The molecule has 54 valence electrons. The fraction of sp³-hybridized carbons (Fsp3) is 0. The molecule has 0 aromatic carbocycles. The molecule has 0 aliphatic carbocycles. The van der Waals surface area contributed by atoms with Crippen molar-refractivity contribution in [2.45, 2.75) is 0 Å². The van der Waals surface area contributed by atoms with Crippen LogP contribution in [0.5, 0.6) is 0 Å². The van der Waals surface area contributed by atoms with E-state index in [1.807, 2.05) is 0 Å². The number of rotatable bonds is 4. The first-order valence-electron chi connectivity index (χ1n) is 1.62. The Morgan fingerprint density at radius 2 is 1.22 bits per heavy atom. The zero-order valence-corrected chi connectivity index (χ0v) is 5.72. The summed E-state index contributed by atoms with van der Waals surface area (Å²) < 4.78 is 50.8. The topological polar surface area (TPSA) is 18.5 Å². The van der Waals surface area contributed by atoms with Crippen LogP contribution in [0, 0.1) is 0 Å². The first-order valence-corrected chi connectivity index (χ1v) is 3.70. The van der Waals surface area contributed by atoms with Gasteiger partial charge in [0.2, 0.25) is 0 Å². The Kier molecular flexibility index (Phi) is 5.69. The summed E-state index contributed by atoms with van der Waals surface area (Å²) in [4.78, 5) is 0. The fourth-order valence-electron chi connectivity index (χ4n) is 0.103. The van der Waals surface area contributed by atoms with Gasteiger partial charge in [0, 0.05) is 0 Å². The summed E-state index contributed by atoms with van der Waals surface area (Å²) in [6.45, 7) is 0. The second kappa shape index (κ2) is 5.36. The third-order valence-electron chi connectivity index (χ3n) is 0.301. The van der Waals surface area contributed by atoms with Crippen molar-refractivity contribution in [3.8, 4) is 0 Å². The highest BCUT2D eigenvalue weighted by atomic mass is 31.2. The van der Waals surface area contributed by atoms with Crippen molar-refractivity contribution < 1.29 is 25.7 Å². The number of hydrogen-bond donors (Lipinski definition) is 0. The van der Waals surface area contributed by atoms with Gasteiger partial charge in [0.05, 0.1) is 0 Å². The maximum absolute atomic E-state index is 11.0. The standard InChI is InChI=1S/BF4HO2P2/c2-8(3)6-1-7-9(4)5/h1H. The molecule has 0 rings (SSSR count). The summed E-state index contributed by atoms with van der Waals surface area (Å²) in [6.07, 6.45) is 0. The van der Waals surface area contributed by atoms with E-state index in [1.165, 1.54) is 0 Å². The molecule has 9 heteroatoms. The van der Waals surface area contributed by atoms with Gasteiger partial charge in [0.25, 0.3) is 0 Å². The summed E-state index contributed by atoms with van der Waals surface area (Å²) >= 11 is 0. The summed E-state index contributed by atoms with van der Waals surface area (Å²) in [5.41, 5.74) is 0. The van der Waals surface area contributed by atoms with Crippen LogP contribution >= 0.6 is 17.5 Å². The summed E-state index contributed by atoms with van der Waals surface area (Å²) in [6, 6.07) is 0. The van der Waals surface area contributed by atoms with Gasteiger partial charge in [0.1, 0.15) is 0 Å². The van der Waals surface area contributed by atoms with Crippen LogP contribution in [-0.2, 0) is 8.88 Å². The molecule has 0 heterocycles. The Balaban J connectivity index is 2.91. The van der Waals surface area contributed by atoms with Crippen molar-refractivity contribution in [3.63, 3.8) is 0 Å². The molecule has 0 aliphatic heterocycles. The Morgan fingerprint density at radius 3 is 1.44 bits per heavy atom. The van der Waals surface area contributed by atoms with Gasteiger partial charge in [-0.3, -0.25) is 0 Å². The van der Waals surface area contributed by atoms with Crippen LogP contribution in [0.4, 0.5) is 16.8 Å². The SMILES string of the molecule is FP(F)OBOP(F)F. The Labute approximate surface area is 52.0 Å². The fourth-order valence-corrected chi connectivity index (χ4v) is 0.451. The molecule has 0 atom stereocenters. The lowest BCUT2D eigenvalue weighted by Crippen LogP contribution is -1.90. The Morgan fingerprint density at radius 1 is 0.889 bits per heavy atom. The second-order valence-electron chi connectivity index (χ2n) is 0.780. The maximum Gasteiger partial charge on any atom is 0.452 e. The van der Waals surface area contributed by atoms with Crippen molar-refractivity contribution in [1.82, 2.24) is 0 Å². The first kappa shape index (κ1) is 9.56. The van der Waals surface area contributed by atoms with Crippen LogP contribution in [-0.4, -0.2) is 7.69 Å². The number of hydrogen-bond acceptors (Lipinski definition) is 2. The van der Waals surface area contributed by atoms with Gasteiger partial charge in [-0.1, -0.05) is 0 Å². The molecular weight excluding hydrogens is 181 g/mol. The largest absolute Gasteiger partial charge is 0.452 e. The van der Waals surface area contributed by atoms with Crippen molar-refractivity contribution >= 4 is 25.2 Å². The monoisotopic (exact) mass is 182 g/mol. The van der Waals surface area contributed by atoms with E-state index < -0.39 is 25.2 Å². The summed E-state index contributed by atoms with van der Waals surface area (Å²) in [5.74, 6) is 0. The van der Waals surface area contributed by atoms with E-state index in [0.717, 1.165) is 0 Å². The highest BCUT2D eigenvalue weighted by Crippen LogP contribution is 2.43. The van der Waals surface area contributed by atoms with Crippen molar-refractivity contribution in [3.05, 3.63) is 0 Å². The van der Waals surface area contributed by atoms with Crippen molar-refractivity contribution in [1.29, 1.82) is 0 Å². The Bertz CT molecular complexity index is 61.6. The lowest BCUT2D eigenvalue weighted by atomic mass is 10.4. The predicted molar refractivity (Wildman–Crippen MR) is 27.6 cm³/mol. The predicted octanol–water partition coefficient (Wildman–Crippen LogP) is 2.62. The minimum atomic E-state index is -3.58. The molecule has 0 fully saturated rings. The molecule has 0 unspecified atom stereocenters. The molecule has 0 amide bonds. The molecule has 0 N–H and O–H groups in total. The van der Waals surface area contributed by atoms with Gasteiger partial charge in [-0.05, 0) is 0 Å². The smallest absolute Gasteiger partial charge is 0.340 e. The minimum absolute atomic E-state index is 1.03.